The van der Waals surface area contributed by atoms with Gasteiger partial charge in [-0.1, -0.05) is 83.5 Å². The van der Waals surface area contributed by atoms with E-state index < -0.39 is 39.1 Å². The second kappa shape index (κ2) is 31.2. The fraction of sp³-hybridized carbons (Fsp3) is 0.692. The number of carbonyl (C=O) groups excluding carboxylic acids is 2. The van der Waals surface area contributed by atoms with Crippen LogP contribution in [-0.4, -0.2) is 31.3 Å². The van der Waals surface area contributed by atoms with Crippen LogP contribution < -0.4 is 75.1 Å². The van der Waals surface area contributed by atoms with Gasteiger partial charge < -0.3 is 34.5 Å². The van der Waals surface area contributed by atoms with E-state index in [-0.39, 0.29) is 78.8 Å². The number of rotatable bonds is 19. The Morgan fingerprint density at radius 3 is 1.82 bits per heavy atom. The first kappa shape index (κ1) is 44.7. The van der Waals surface area contributed by atoms with E-state index in [9.17, 15) is 23.9 Å². The van der Waals surface area contributed by atoms with Crippen LogP contribution >= 0.6 is 7.82 Å². The summed E-state index contributed by atoms with van der Waals surface area (Å²) >= 11 is 0. The van der Waals surface area contributed by atoms with Crippen molar-refractivity contribution in [2.24, 2.45) is 0 Å². The second-order valence-corrected chi connectivity index (χ2v) is 9.12. The van der Waals surface area contributed by atoms with Crippen molar-refractivity contribution in [1.82, 2.24) is 6.15 Å². The van der Waals surface area contributed by atoms with Gasteiger partial charge >= 0.3 is 71.1 Å². The molecule has 0 saturated heterocycles. The Morgan fingerprint density at radius 2 is 1.32 bits per heavy atom. The van der Waals surface area contributed by atoms with Gasteiger partial charge in [0.1, 0.15) is 6.61 Å². The zero-order chi connectivity index (χ0) is 26.2. The first-order valence-corrected chi connectivity index (χ1v) is 13.7. The average molecular weight is 582 g/mol. The van der Waals surface area contributed by atoms with Gasteiger partial charge in [-0.15, -0.1) is 0 Å². The quantitative estimate of drug-likeness (QED) is 0.0494. The van der Waals surface area contributed by atoms with Crippen LogP contribution in [0.15, 0.2) is 0 Å². The number of unbranched alkanes of at least 4 members (excludes halogenated alkanes) is 11. The summed E-state index contributed by atoms with van der Waals surface area (Å²) in [7, 11) is -5.28. The smallest absolute Gasteiger partial charge is 0.790 e. The molecule has 12 heteroatoms. The maximum absolute atomic E-state index is 12.1. The molecule has 0 aromatic rings. The summed E-state index contributed by atoms with van der Waals surface area (Å²) in [5, 5.41) is 0. The molecule has 0 rings (SSSR count). The standard InChI is InChI=1S/C26H39O8P.H3N.2Na.5H2/c1-3-5-7-9-10-11-12-13-14-15-17-19-21-26(28)34-24(23-33-35(29,30)31)22-32-25(27)20-18-16-8-6-4-2;;;;;;;;/h24H,3,5,7,9-15,17,19,21-23H2,1-2H3,(H2,29,30,31);1H3;;;5*1H/q;;2*+1;;;;;/p-2/t24-;;;;;;;;/m1......../s1. The number of phosphoric acid groups is 1. The Labute approximate surface area is 280 Å². The zero-order valence-electron chi connectivity index (χ0n) is 23.6. The summed E-state index contributed by atoms with van der Waals surface area (Å²) in [5.74, 6) is 12.5. The summed E-state index contributed by atoms with van der Waals surface area (Å²) in [5.41, 5.74) is 0. The molecule has 38 heavy (non-hydrogen) atoms. The number of esters is 2. The summed E-state index contributed by atoms with van der Waals surface area (Å²) in [6.07, 6.45) is 12.7. The summed E-state index contributed by atoms with van der Waals surface area (Å²) < 4.78 is 24.9. The molecule has 0 saturated carbocycles. The number of hydrogen-bond donors (Lipinski definition) is 1. The molecule has 0 unspecified atom stereocenters. The van der Waals surface area contributed by atoms with Crippen LogP contribution in [0.2, 0.25) is 0 Å². The Hall–Kier alpha value is -0.310. The topological polar surface area (TPSA) is 160 Å². The Morgan fingerprint density at radius 1 is 0.816 bits per heavy atom. The van der Waals surface area contributed by atoms with Gasteiger partial charge in [0.25, 0.3) is 0 Å². The van der Waals surface area contributed by atoms with Gasteiger partial charge in [0, 0.05) is 19.5 Å². The van der Waals surface area contributed by atoms with Crippen molar-refractivity contribution in [1.29, 1.82) is 0 Å². The molecule has 0 aliphatic heterocycles. The fourth-order valence-electron chi connectivity index (χ4n) is 3.06. The third-order valence-corrected chi connectivity index (χ3v) is 5.29. The average Bonchev–Trinajstić information content (AvgIpc) is 2.80. The van der Waals surface area contributed by atoms with E-state index in [1.807, 2.05) is 0 Å². The first-order valence-electron chi connectivity index (χ1n) is 12.2. The first-order chi connectivity index (χ1) is 16.8. The van der Waals surface area contributed by atoms with Gasteiger partial charge in [0.05, 0.1) is 14.4 Å². The number of carbonyl (C=O) groups is 2. The molecule has 0 aliphatic carbocycles. The normalized spacial score (nSPS) is 10.2. The molecule has 0 bridgehead atoms. The molecule has 1 atom stereocenters. The summed E-state index contributed by atoms with van der Waals surface area (Å²) in [6, 6.07) is 0. The van der Waals surface area contributed by atoms with Crippen LogP contribution in [-0.2, 0) is 28.2 Å². The van der Waals surface area contributed by atoms with Gasteiger partial charge in [0.15, 0.2) is 6.10 Å². The van der Waals surface area contributed by atoms with Crippen molar-refractivity contribution in [3.05, 3.63) is 0 Å². The Bertz CT molecular complexity index is 869. The zero-order valence-corrected chi connectivity index (χ0v) is 28.5. The minimum Gasteiger partial charge on any atom is -0.790 e. The number of ether oxygens (including phenoxy) is 2. The molecule has 9 nitrogen and oxygen atoms in total. The van der Waals surface area contributed by atoms with E-state index in [0.717, 1.165) is 19.3 Å². The maximum atomic E-state index is 12.1. The fourth-order valence-corrected chi connectivity index (χ4v) is 3.41. The monoisotopic (exact) mass is 581 g/mol. The third-order valence-electron chi connectivity index (χ3n) is 4.83. The molecular formula is C26H50NNa2O8P. The summed E-state index contributed by atoms with van der Waals surface area (Å²) in [4.78, 5) is 45.2. The van der Waals surface area contributed by atoms with Crippen LogP contribution in [0.3, 0.4) is 0 Å². The van der Waals surface area contributed by atoms with Crippen molar-refractivity contribution in [3.8, 4) is 35.5 Å². The van der Waals surface area contributed by atoms with E-state index >= 15 is 0 Å². The molecule has 214 valence electrons. The molecule has 0 radical (unpaired) electrons. The molecular weight excluding hydrogens is 531 g/mol. The molecule has 0 amide bonds. The van der Waals surface area contributed by atoms with E-state index in [1.54, 1.807) is 6.92 Å². The van der Waals surface area contributed by atoms with Crippen LogP contribution in [0.1, 0.15) is 104 Å². The molecule has 0 aromatic heterocycles. The minimum atomic E-state index is -5.28. The number of phosphoric ester groups is 1. The van der Waals surface area contributed by atoms with Gasteiger partial charge in [0.2, 0.25) is 0 Å². The molecule has 0 aliphatic rings. The molecule has 3 N–H and O–H groups in total. The van der Waals surface area contributed by atoms with Crippen molar-refractivity contribution in [2.75, 3.05) is 13.2 Å². The Kier molecular flexibility index (Phi) is 36.7. The SMILES string of the molecule is CC#CC#CC#CC(=O)OC[C@H](COP(=O)([O-])[O-])OC(=O)CCCCCCCCCCCCCC.N.[HH].[HH].[HH].[HH].[HH].[Na+].[Na+]. The van der Waals surface area contributed by atoms with Crippen LogP contribution in [0.25, 0.3) is 0 Å². The van der Waals surface area contributed by atoms with Crippen molar-refractivity contribution in [3.63, 3.8) is 0 Å². The van der Waals surface area contributed by atoms with E-state index in [4.69, 9.17) is 9.47 Å². The maximum Gasteiger partial charge on any atom is 1.00 e. The molecule has 0 aromatic carbocycles. The minimum absolute atomic E-state index is 0. The Balaban J connectivity index is -0.000000206. The van der Waals surface area contributed by atoms with Gasteiger partial charge in [-0.2, -0.15) is 0 Å². The van der Waals surface area contributed by atoms with Crippen molar-refractivity contribution in [2.45, 2.75) is 103 Å². The summed E-state index contributed by atoms with van der Waals surface area (Å²) in [6.45, 7) is 2.55. The van der Waals surface area contributed by atoms with Gasteiger partial charge in [-0.25, -0.2) is 4.79 Å². The van der Waals surface area contributed by atoms with E-state index in [0.29, 0.717) is 6.42 Å². The second-order valence-electron chi connectivity index (χ2n) is 7.97. The molecule has 0 heterocycles. The number of hydrogen-bond acceptors (Lipinski definition) is 9. The largest absolute Gasteiger partial charge is 1.00 e. The van der Waals surface area contributed by atoms with Crippen LogP contribution in [0.5, 0.6) is 0 Å². The predicted molar refractivity (Wildman–Crippen MR) is 145 cm³/mol. The van der Waals surface area contributed by atoms with Crippen LogP contribution in [0, 0.1) is 35.5 Å². The van der Waals surface area contributed by atoms with E-state index in [1.165, 1.54) is 51.4 Å². The van der Waals surface area contributed by atoms with E-state index in [2.05, 4.69) is 47.0 Å². The van der Waals surface area contributed by atoms with Crippen LogP contribution in [0.4, 0.5) is 0 Å². The van der Waals surface area contributed by atoms with Crippen molar-refractivity contribution < 1.29 is 104 Å². The van der Waals surface area contributed by atoms with Gasteiger partial charge in [-0.05, 0) is 37.0 Å². The molecule has 0 spiro atoms. The third kappa shape index (κ3) is 33.7. The molecule has 0 fully saturated rings. The van der Waals surface area contributed by atoms with Gasteiger partial charge in [-0.3, -0.25) is 4.79 Å². The predicted octanol–water partition coefficient (Wildman–Crippen LogP) is -1.19. The van der Waals surface area contributed by atoms with Crippen molar-refractivity contribution >= 4 is 19.8 Å².